The molecule has 0 atom stereocenters. The second kappa shape index (κ2) is 9.27. The average molecular weight is 515 g/mol. The van der Waals surface area contributed by atoms with Crippen LogP contribution in [0.4, 0.5) is 18.3 Å². The van der Waals surface area contributed by atoms with Gasteiger partial charge in [-0.05, 0) is 43.5 Å². The third-order valence-electron chi connectivity index (χ3n) is 5.76. The zero-order chi connectivity index (χ0) is 23.8. The smallest absolute Gasteiger partial charge is 0.348 e. The topological polar surface area (TPSA) is 50.3 Å². The monoisotopic (exact) mass is 514 g/mol. The Morgan fingerprint density at radius 2 is 1.79 bits per heavy atom. The van der Waals surface area contributed by atoms with Gasteiger partial charge in [0.15, 0.2) is 15.0 Å². The van der Waals surface area contributed by atoms with E-state index in [0.29, 0.717) is 32.0 Å². The number of nitrogens with zero attached hydrogens (tertiary/aromatic N) is 2. The van der Waals surface area contributed by atoms with Gasteiger partial charge in [0.25, 0.3) is 0 Å². The first-order chi connectivity index (χ1) is 15.5. The second-order valence-corrected chi connectivity index (χ2v) is 11.6. The largest absolute Gasteiger partial charge is 0.416 e. The van der Waals surface area contributed by atoms with Crippen molar-refractivity contribution in [3.8, 4) is 0 Å². The summed E-state index contributed by atoms with van der Waals surface area (Å²) in [6.45, 7) is 2.95. The Kier molecular flexibility index (Phi) is 6.75. The Bertz CT molecular complexity index is 1230. The van der Waals surface area contributed by atoms with Gasteiger partial charge in [-0.2, -0.15) is 13.2 Å². The first kappa shape index (κ1) is 24.0. The molecule has 0 radical (unpaired) electrons. The van der Waals surface area contributed by atoms with Crippen LogP contribution < -0.4 is 4.90 Å². The predicted octanol–water partition coefficient (Wildman–Crippen LogP) is 6.16. The lowest BCUT2D eigenvalue weighted by Crippen LogP contribution is -2.39. The third-order valence-corrected chi connectivity index (χ3v) is 9.45. The Balaban J connectivity index is 1.44. The van der Waals surface area contributed by atoms with Crippen LogP contribution in [0.2, 0.25) is 5.02 Å². The van der Waals surface area contributed by atoms with Gasteiger partial charge in [-0.1, -0.05) is 41.4 Å². The van der Waals surface area contributed by atoms with Crippen molar-refractivity contribution >= 4 is 37.9 Å². The van der Waals surface area contributed by atoms with E-state index in [1.54, 1.807) is 0 Å². The zero-order valence-corrected chi connectivity index (χ0v) is 20.2. The molecule has 0 saturated carbocycles. The van der Waals surface area contributed by atoms with Crippen molar-refractivity contribution in [2.45, 2.75) is 42.5 Å². The minimum Gasteiger partial charge on any atom is -0.348 e. The van der Waals surface area contributed by atoms with Crippen LogP contribution in [0.15, 0.2) is 52.7 Å². The molecule has 1 saturated heterocycles. The van der Waals surface area contributed by atoms with E-state index in [4.69, 9.17) is 16.6 Å². The number of benzene rings is 2. The van der Waals surface area contributed by atoms with Gasteiger partial charge < -0.3 is 4.90 Å². The molecule has 10 heteroatoms. The highest BCUT2D eigenvalue weighted by atomic mass is 35.5. The molecule has 1 aliphatic rings. The van der Waals surface area contributed by atoms with Gasteiger partial charge in [-0.25, -0.2) is 13.4 Å². The molecule has 2 aromatic carbocycles. The molecule has 0 N–H and O–H groups in total. The van der Waals surface area contributed by atoms with E-state index >= 15 is 0 Å². The van der Waals surface area contributed by atoms with E-state index in [1.165, 1.54) is 22.5 Å². The van der Waals surface area contributed by atoms with E-state index in [2.05, 4.69) is 24.3 Å². The molecular weight excluding hydrogens is 493 g/mol. The standard InChI is InChI=1S/C23H22ClF3N2O2S2/c1-15-2-4-16(5-3-15)12-18-14-32-22(28-18)29-10-8-19(9-11-29)33(30,31)21-13-17(23(25,26)27)6-7-20(21)24/h2-7,13-14,19H,8-12H2,1H3. The van der Waals surface area contributed by atoms with Crippen molar-refractivity contribution in [3.05, 3.63) is 75.3 Å². The van der Waals surface area contributed by atoms with E-state index < -0.39 is 31.7 Å². The van der Waals surface area contributed by atoms with Gasteiger partial charge in [0.05, 0.1) is 26.4 Å². The molecule has 1 aromatic heterocycles. The first-order valence-electron chi connectivity index (χ1n) is 10.4. The lowest BCUT2D eigenvalue weighted by Gasteiger charge is -2.31. The molecule has 1 aliphatic heterocycles. The fourth-order valence-corrected chi connectivity index (χ4v) is 7.01. The molecule has 0 aliphatic carbocycles. The summed E-state index contributed by atoms with van der Waals surface area (Å²) in [7, 11) is -4.00. The maximum atomic E-state index is 13.1. The van der Waals surface area contributed by atoms with Crippen LogP contribution in [-0.4, -0.2) is 31.7 Å². The lowest BCUT2D eigenvalue weighted by molar-refractivity contribution is -0.137. The van der Waals surface area contributed by atoms with E-state index in [-0.39, 0.29) is 5.02 Å². The van der Waals surface area contributed by atoms with Crippen LogP contribution in [-0.2, 0) is 22.4 Å². The number of aryl methyl sites for hydroxylation is 1. The molecule has 2 heterocycles. The quantitative estimate of drug-likeness (QED) is 0.409. The minimum atomic E-state index is -4.64. The van der Waals surface area contributed by atoms with Crippen molar-refractivity contribution < 1.29 is 21.6 Å². The number of alkyl halides is 3. The van der Waals surface area contributed by atoms with Crippen molar-refractivity contribution in [2.24, 2.45) is 0 Å². The number of rotatable bonds is 5. The molecule has 0 spiro atoms. The summed E-state index contributed by atoms with van der Waals surface area (Å²) >= 11 is 7.50. The second-order valence-electron chi connectivity index (χ2n) is 8.16. The summed E-state index contributed by atoms with van der Waals surface area (Å²) in [6, 6.07) is 10.7. The average Bonchev–Trinajstić information content (AvgIpc) is 3.23. The number of halogens is 4. The molecule has 3 aromatic rings. The summed E-state index contributed by atoms with van der Waals surface area (Å²) in [5.41, 5.74) is 2.29. The maximum Gasteiger partial charge on any atom is 0.416 e. The predicted molar refractivity (Wildman–Crippen MR) is 125 cm³/mol. The first-order valence-corrected chi connectivity index (χ1v) is 13.2. The van der Waals surface area contributed by atoms with E-state index in [9.17, 15) is 21.6 Å². The Hall–Kier alpha value is -2.10. The number of hydrogen-bond donors (Lipinski definition) is 0. The lowest BCUT2D eigenvalue weighted by atomic mass is 10.1. The number of piperidine rings is 1. The SMILES string of the molecule is Cc1ccc(Cc2csc(N3CCC(S(=O)(=O)c4cc(C(F)(F)F)ccc4Cl)CC3)n2)cc1. The van der Waals surface area contributed by atoms with Crippen LogP contribution in [0.1, 0.15) is 35.2 Å². The molecule has 0 unspecified atom stereocenters. The van der Waals surface area contributed by atoms with Gasteiger partial charge in [0.2, 0.25) is 0 Å². The van der Waals surface area contributed by atoms with Crippen molar-refractivity contribution in [2.75, 3.05) is 18.0 Å². The van der Waals surface area contributed by atoms with Crippen LogP contribution >= 0.6 is 22.9 Å². The number of hydrogen-bond acceptors (Lipinski definition) is 5. The Morgan fingerprint density at radius 3 is 2.42 bits per heavy atom. The molecule has 0 amide bonds. The van der Waals surface area contributed by atoms with Gasteiger partial charge in [-0.15, -0.1) is 11.3 Å². The molecule has 1 fully saturated rings. The minimum absolute atomic E-state index is 0.189. The molecule has 0 bridgehead atoms. The van der Waals surface area contributed by atoms with Gasteiger partial charge in [0.1, 0.15) is 0 Å². The van der Waals surface area contributed by atoms with Gasteiger partial charge in [-0.3, -0.25) is 0 Å². The normalized spacial score (nSPS) is 15.7. The number of aromatic nitrogens is 1. The molecule has 4 nitrogen and oxygen atoms in total. The molecular formula is C23H22ClF3N2O2S2. The summed E-state index contributed by atoms with van der Waals surface area (Å²) in [6.07, 6.45) is -3.33. The summed E-state index contributed by atoms with van der Waals surface area (Å²) in [4.78, 5) is 6.28. The fourth-order valence-electron chi connectivity index (χ4n) is 3.87. The van der Waals surface area contributed by atoms with Crippen LogP contribution in [0.5, 0.6) is 0 Å². The fraction of sp³-hybridized carbons (Fsp3) is 0.348. The van der Waals surface area contributed by atoms with Crippen LogP contribution in [0.3, 0.4) is 0 Å². The number of sulfone groups is 1. The molecule has 176 valence electrons. The van der Waals surface area contributed by atoms with E-state index in [0.717, 1.165) is 29.4 Å². The zero-order valence-electron chi connectivity index (χ0n) is 17.8. The number of anilines is 1. The Morgan fingerprint density at radius 1 is 1.12 bits per heavy atom. The van der Waals surface area contributed by atoms with Crippen molar-refractivity contribution in [1.82, 2.24) is 4.98 Å². The summed E-state index contributed by atoms with van der Waals surface area (Å²) < 4.78 is 65.4. The van der Waals surface area contributed by atoms with Crippen molar-refractivity contribution in [1.29, 1.82) is 0 Å². The number of thiazole rings is 1. The van der Waals surface area contributed by atoms with Crippen LogP contribution in [0, 0.1) is 6.92 Å². The van der Waals surface area contributed by atoms with Crippen molar-refractivity contribution in [3.63, 3.8) is 0 Å². The highest BCUT2D eigenvalue weighted by molar-refractivity contribution is 7.92. The molecule has 4 rings (SSSR count). The summed E-state index contributed by atoms with van der Waals surface area (Å²) in [5, 5.41) is 1.85. The van der Waals surface area contributed by atoms with Gasteiger partial charge in [0, 0.05) is 24.9 Å². The summed E-state index contributed by atoms with van der Waals surface area (Å²) in [5.74, 6) is 0. The van der Waals surface area contributed by atoms with Crippen LogP contribution in [0.25, 0.3) is 0 Å². The molecule has 33 heavy (non-hydrogen) atoms. The van der Waals surface area contributed by atoms with E-state index in [1.807, 2.05) is 17.2 Å². The third kappa shape index (κ3) is 5.36. The maximum absolute atomic E-state index is 13.1. The highest BCUT2D eigenvalue weighted by Gasteiger charge is 2.36. The highest BCUT2D eigenvalue weighted by Crippen LogP contribution is 2.36. The Labute approximate surface area is 200 Å². The van der Waals surface area contributed by atoms with Gasteiger partial charge >= 0.3 is 6.18 Å².